The molecule has 1 amide bonds. The minimum absolute atomic E-state index is 0.0984. The Morgan fingerprint density at radius 3 is 2.00 bits per heavy atom. The molecule has 0 bridgehead atoms. The molecule has 4 rings (SSSR count). The maximum Gasteiger partial charge on any atom is 0.295 e. The minimum Gasteiger partial charge on any atom is -0.507 e. The van der Waals surface area contributed by atoms with Crippen LogP contribution in [0.3, 0.4) is 0 Å². The third kappa shape index (κ3) is 7.19. The van der Waals surface area contributed by atoms with E-state index in [4.69, 9.17) is 14.2 Å². The van der Waals surface area contributed by atoms with Crippen LogP contribution in [0.4, 0.5) is 0 Å². The van der Waals surface area contributed by atoms with Crippen molar-refractivity contribution in [2.45, 2.75) is 45.6 Å². The van der Waals surface area contributed by atoms with Crippen molar-refractivity contribution in [2.75, 3.05) is 52.6 Å². The number of carbonyl (C=O) groups is 2. The van der Waals surface area contributed by atoms with Crippen molar-refractivity contribution in [3.8, 4) is 11.5 Å². The Balaban J connectivity index is 1.63. The van der Waals surface area contributed by atoms with Crippen molar-refractivity contribution in [3.05, 3.63) is 65.2 Å². The summed E-state index contributed by atoms with van der Waals surface area (Å²) >= 11 is 0. The number of hydrogen-bond donors (Lipinski definition) is 1. The predicted octanol–water partition coefficient (Wildman–Crippen LogP) is 4.80. The van der Waals surface area contributed by atoms with E-state index < -0.39 is 17.7 Å². The summed E-state index contributed by atoms with van der Waals surface area (Å²) in [7, 11) is 0. The molecule has 8 nitrogen and oxygen atoms in total. The first kappa shape index (κ1) is 28.6. The molecule has 8 heteroatoms. The van der Waals surface area contributed by atoms with E-state index in [-0.39, 0.29) is 11.3 Å². The summed E-state index contributed by atoms with van der Waals surface area (Å²) in [5.74, 6) is -0.0310. The quantitative estimate of drug-likeness (QED) is 0.170. The standard InChI is InChI=1S/C31H40N2O6/c1-3-5-19-38-25-11-7-23(8-12-25)28-27(29(34)24-9-13-26(14-10-24)39-20-6-4-2)30(35)31(36)33(28)16-15-32-17-21-37-22-18-32/h7-14,28,34H,3-6,15-22H2,1-2H3/b29-27+. The lowest BCUT2D eigenvalue weighted by atomic mass is 9.95. The SMILES string of the molecule is CCCCOc1ccc(/C(O)=C2\C(=O)C(=O)N(CCN3CCOCC3)C2c2ccc(OCCCC)cc2)cc1. The lowest BCUT2D eigenvalue weighted by Gasteiger charge is -2.31. The molecular weight excluding hydrogens is 496 g/mol. The van der Waals surface area contributed by atoms with Gasteiger partial charge in [0.25, 0.3) is 11.7 Å². The number of likely N-dealkylation sites (tertiary alicyclic amines) is 1. The average molecular weight is 537 g/mol. The first-order valence-corrected chi connectivity index (χ1v) is 14.1. The molecule has 0 radical (unpaired) electrons. The number of amides is 1. The predicted molar refractivity (Wildman–Crippen MR) is 150 cm³/mol. The zero-order valence-electron chi connectivity index (χ0n) is 23.1. The molecule has 2 aromatic rings. The number of aliphatic hydroxyl groups is 1. The van der Waals surface area contributed by atoms with E-state index in [0.29, 0.717) is 50.8 Å². The Morgan fingerprint density at radius 1 is 0.872 bits per heavy atom. The van der Waals surface area contributed by atoms with E-state index in [0.717, 1.165) is 50.1 Å². The van der Waals surface area contributed by atoms with Crippen molar-refractivity contribution >= 4 is 17.4 Å². The third-order valence-electron chi connectivity index (χ3n) is 7.16. The average Bonchev–Trinajstić information content (AvgIpc) is 3.22. The topological polar surface area (TPSA) is 88.5 Å². The van der Waals surface area contributed by atoms with E-state index in [9.17, 15) is 14.7 Å². The van der Waals surface area contributed by atoms with Crippen LogP contribution in [0.2, 0.25) is 0 Å². The molecule has 0 aromatic heterocycles. The monoisotopic (exact) mass is 536 g/mol. The van der Waals surface area contributed by atoms with Gasteiger partial charge in [-0.1, -0.05) is 38.8 Å². The Morgan fingerprint density at radius 2 is 1.44 bits per heavy atom. The Kier molecular flexibility index (Phi) is 10.4. The van der Waals surface area contributed by atoms with Gasteiger partial charge in [-0.2, -0.15) is 0 Å². The van der Waals surface area contributed by atoms with Gasteiger partial charge in [-0.05, 0) is 54.8 Å². The highest BCUT2D eigenvalue weighted by molar-refractivity contribution is 6.46. The van der Waals surface area contributed by atoms with Gasteiger partial charge < -0.3 is 24.2 Å². The highest BCUT2D eigenvalue weighted by Gasteiger charge is 2.46. The van der Waals surface area contributed by atoms with E-state index in [1.54, 1.807) is 29.2 Å². The molecule has 39 heavy (non-hydrogen) atoms. The molecule has 2 heterocycles. The maximum absolute atomic E-state index is 13.4. The van der Waals surface area contributed by atoms with Gasteiger partial charge in [0.05, 0.1) is 38.0 Å². The molecule has 2 aliphatic rings. The van der Waals surface area contributed by atoms with Gasteiger partial charge >= 0.3 is 0 Å². The van der Waals surface area contributed by atoms with Crippen LogP contribution >= 0.6 is 0 Å². The van der Waals surface area contributed by atoms with Crippen molar-refractivity contribution in [2.24, 2.45) is 0 Å². The number of nitrogens with zero attached hydrogens (tertiary/aromatic N) is 2. The molecule has 0 aliphatic carbocycles. The summed E-state index contributed by atoms with van der Waals surface area (Å²) < 4.78 is 17.0. The second kappa shape index (κ2) is 14.1. The van der Waals surface area contributed by atoms with Crippen LogP contribution < -0.4 is 9.47 Å². The normalized spacial score (nSPS) is 19.4. The zero-order chi connectivity index (χ0) is 27.6. The molecule has 1 atom stereocenters. The van der Waals surface area contributed by atoms with E-state index >= 15 is 0 Å². The summed E-state index contributed by atoms with van der Waals surface area (Å²) in [5, 5.41) is 11.4. The number of hydrogen-bond acceptors (Lipinski definition) is 7. The summed E-state index contributed by atoms with van der Waals surface area (Å²) in [6, 6.07) is 13.8. The van der Waals surface area contributed by atoms with Crippen LogP contribution in [0.15, 0.2) is 54.1 Å². The van der Waals surface area contributed by atoms with Gasteiger partial charge in [0.1, 0.15) is 17.3 Å². The molecule has 2 saturated heterocycles. The maximum atomic E-state index is 13.4. The van der Waals surface area contributed by atoms with Crippen molar-refractivity contribution < 1.29 is 28.9 Å². The van der Waals surface area contributed by atoms with Crippen molar-refractivity contribution in [1.82, 2.24) is 9.80 Å². The van der Waals surface area contributed by atoms with Crippen LogP contribution in [0.1, 0.15) is 56.7 Å². The second-order valence-corrected chi connectivity index (χ2v) is 9.94. The summed E-state index contributed by atoms with van der Waals surface area (Å²) in [6.07, 6.45) is 4.00. The summed E-state index contributed by atoms with van der Waals surface area (Å²) in [4.78, 5) is 30.5. The molecule has 210 valence electrons. The summed E-state index contributed by atoms with van der Waals surface area (Å²) in [5.41, 5.74) is 1.31. The number of Topliss-reactive ketones (excluding diaryl/α,β-unsaturated/α-hetero) is 1. The number of carbonyl (C=O) groups excluding carboxylic acids is 2. The number of ether oxygens (including phenoxy) is 3. The van der Waals surface area contributed by atoms with Gasteiger partial charge in [-0.3, -0.25) is 14.5 Å². The van der Waals surface area contributed by atoms with Crippen LogP contribution in [-0.2, 0) is 14.3 Å². The van der Waals surface area contributed by atoms with Crippen LogP contribution in [0.5, 0.6) is 11.5 Å². The Labute approximate surface area is 231 Å². The Hall–Kier alpha value is -3.36. The van der Waals surface area contributed by atoms with Crippen LogP contribution in [-0.4, -0.2) is 79.2 Å². The molecule has 0 saturated carbocycles. The molecular formula is C31H40N2O6. The lowest BCUT2D eigenvalue weighted by Crippen LogP contribution is -2.42. The molecule has 2 aromatic carbocycles. The highest BCUT2D eigenvalue weighted by Crippen LogP contribution is 2.40. The van der Waals surface area contributed by atoms with Gasteiger partial charge in [0.2, 0.25) is 0 Å². The fraction of sp³-hybridized carbons (Fsp3) is 0.484. The molecule has 2 fully saturated rings. The van der Waals surface area contributed by atoms with E-state index in [1.165, 1.54) is 0 Å². The lowest BCUT2D eigenvalue weighted by molar-refractivity contribution is -0.140. The largest absolute Gasteiger partial charge is 0.507 e. The summed E-state index contributed by atoms with van der Waals surface area (Å²) in [6.45, 7) is 9.32. The zero-order valence-corrected chi connectivity index (χ0v) is 23.1. The van der Waals surface area contributed by atoms with Crippen LogP contribution in [0, 0.1) is 0 Å². The second-order valence-electron chi connectivity index (χ2n) is 9.94. The number of ketones is 1. The van der Waals surface area contributed by atoms with E-state index in [1.807, 2.05) is 24.3 Å². The fourth-order valence-electron chi connectivity index (χ4n) is 4.81. The third-order valence-corrected chi connectivity index (χ3v) is 7.16. The first-order valence-electron chi connectivity index (χ1n) is 14.1. The molecule has 2 aliphatic heterocycles. The highest BCUT2D eigenvalue weighted by atomic mass is 16.5. The van der Waals surface area contributed by atoms with Gasteiger partial charge in [0, 0.05) is 31.7 Å². The first-order chi connectivity index (χ1) is 19.0. The number of benzene rings is 2. The smallest absolute Gasteiger partial charge is 0.295 e. The van der Waals surface area contributed by atoms with Gasteiger partial charge in [-0.15, -0.1) is 0 Å². The molecule has 0 spiro atoms. The minimum atomic E-state index is -0.698. The van der Waals surface area contributed by atoms with Gasteiger partial charge in [0.15, 0.2) is 0 Å². The van der Waals surface area contributed by atoms with Gasteiger partial charge in [-0.25, -0.2) is 0 Å². The van der Waals surface area contributed by atoms with Crippen molar-refractivity contribution in [3.63, 3.8) is 0 Å². The Bertz CT molecular complexity index is 1120. The molecule has 1 N–H and O–H groups in total. The number of morpholine rings is 1. The number of unbranched alkanes of at least 4 members (excludes halogenated alkanes) is 2. The van der Waals surface area contributed by atoms with E-state index in [2.05, 4.69) is 18.7 Å². The number of rotatable bonds is 13. The van der Waals surface area contributed by atoms with Crippen LogP contribution in [0.25, 0.3) is 5.76 Å². The van der Waals surface area contributed by atoms with Crippen molar-refractivity contribution in [1.29, 1.82) is 0 Å². The number of aliphatic hydroxyl groups excluding tert-OH is 1. The molecule has 1 unspecified atom stereocenters. The fourth-order valence-corrected chi connectivity index (χ4v) is 4.81.